The van der Waals surface area contributed by atoms with E-state index in [0.717, 1.165) is 9.90 Å². The Kier molecular flexibility index (Phi) is 3.01. The van der Waals surface area contributed by atoms with Gasteiger partial charge in [-0.2, -0.15) is 0 Å². The van der Waals surface area contributed by atoms with Crippen LogP contribution in [-0.2, 0) is 12.8 Å². The molecule has 2 heterocycles. The largest absolute Gasteiger partial charge is 0.145 e. The molecule has 0 spiro atoms. The van der Waals surface area contributed by atoms with Crippen LogP contribution in [0.4, 0.5) is 0 Å². The first-order valence-corrected chi connectivity index (χ1v) is 7.75. The minimum absolute atomic E-state index is 0.0666. The quantitative estimate of drug-likeness (QED) is 0.660. The molecule has 16 heavy (non-hydrogen) atoms. The molecular weight excluding hydrogens is 279 g/mol. The second-order valence-corrected chi connectivity index (χ2v) is 6.91. The highest BCUT2D eigenvalue weighted by atomic mass is 35.5. The molecular formula is C12H10Cl2S2. The summed E-state index contributed by atoms with van der Waals surface area (Å²) in [7, 11) is 0. The second kappa shape index (κ2) is 4.34. The summed E-state index contributed by atoms with van der Waals surface area (Å²) in [4.78, 5) is 3.84. The molecule has 2 aromatic heterocycles. The number of thiophene rings is 2. The van der Waals surface area contributed by atoms with Crippen molar-refractivity contribution in [2.75, 3.05) is 0 Å². The van der Waals surface area contributed by atoms with Gasteiger partial charge in [0, 0.05) is 14.6 Å². The lowest BCUT2D eigenvalue weighted by Gasteiger charge is -2.05. The summed E-state index contributed by atoms with van der Waals surface area (Å²) >= 11 is 16.1. The second-order valence-electron chi connectivity index (χ2n) is 3.95. The van der Waals surface area contributed by atoms with E-state index in [2.05, 4.69) is 6.07 Å². The van der Waals surface area contributed by atoms with Crippen LogP contribution >= 0.6 is 45.9 Å². The van der Waals surface area contributed by atoms with Gasteiger partial charge in [0.25, 0.3) is 0 Å². The van der Waals surface area contributed by atoms with Crippen molar-refractivity contribution in [2.45, 2.75) is 24.6 Å². The van der Waals surface area contributed by atoms with Crippen molar-refractivity contribution in [1.29, 1.82) is 0 Å². The van der Waals surface area contributed by atoms with Gasteiger partial charge < -0.3 is 0 Å². The molecule has 4 heteroatoms. The van der Waals surface area contributed by atoms with Gasteiger partial charge in [0.2, 0.25) is 0 Å². The van der Waals surface area contributed by atoms with Gasteiger partial charge in [-0.05, 0) is 42.3 Å². The lowest BCUT2D eigenvalue weighted by Crippen LogP contribution is -1.86. The topological polar surface area (TPSA) is 0 Å². The summed E-state index contributed by atoms with van der Waals surface area (Å²) in [5.41, 5.74) is 1.50. The van der Waals surface area contributed by atoms with Gasteiger partial charge in [0.1, 0.15) is 5.38 Å². The van der Waals surface area contributed by atoms with Gasteiger partial charge in [0.15, 0.2) is 0 Å². The molecule has 0 saturated carbocycles. The summed E-state index contributed by atoms with van der Waals surface area (Å²) in [5, 5.41) is 2.72. The molecule has 84 valence electrons. The third-order valence-electron chi connectivity index (χ3n) is 2.89. The number of hydrogen-bond donors (Lipinski definition) is 0. The Morgan fingerprint density at radius 2 is 2.19 bits per heavy atom. The van der Waals surface area contributed by atoms with Gasteiger partial charge in [-0.1, -0.05) is 11.6 Å². The Morgan fingerprint density at radius 1 is 1.31 bits per heavy atom. The molecule has 0 N–H and O–H groups in total. The first-order valence-electron chi connectivity index (χ1n) is 5.24. The summed E-state index contributed by atoms with van der Waals surface area (Å²) in [5.74, 6) is 0. The van der Waals surface area contributed by atoms with Gasteiger partial charge in [-0.15, -0.1) is 34.3 Å². The zero-order chi connectivity index (χ0) is 11.1. The summed E-state index contributed by atoms with van der Waals surface area (Å²) < 4.78 is 0. The van der Waals surface area contributed by atoms with Crippen LogP contribution in [-0.4, -0.2) is 0 Å². The van der Waals surface area contributed by atoms with E-state index in [-0.39, 0.29) is 5.38 Å². The van der Waals surface area contributed by atoms with E-state index in [1.54, 1.807) is 11.3 Å². The molecule has 0 saturated heterocycles. The monoisotopic (exact) mass is 288 g/mol. The van der Waals surface area contributed by atoms with Crippen molar-refractivity contribution < 1.29 is 0 Å². The number of aryl methyl sites for hydroxylation is 2. The first kappa shape index (κ1) is 11.1. The highest BCUT2D eigenvalue weighted by molar-refractivity contribution is 7.13. The molecule has 1 aliphatic carbocycles. The summed E-state index contributed by atoms with van der Waals surface area (Å²) in [6, 6.07) is 4.18. The zero-order valence-electron chi connectivity index (χ0n) is 8.50. The van der Waals surface area contributed by atoms with Crippen LogP contribution < -0.4 is 0 Å². The number of hydrogen-bond acceptors (Lipinski definition) is 2. The molecule has 3 rings (SSSR count). The molecule has 1 atom stereocenters. The van der Waals surface area contributed by atoms with Gasteiger partial charge in [-0.3, -0.25) is 0 Å². The predicted molar refractivity (Wildman–Crippen MR) is 73.4 cm³/mol. The summed E-state index contributed by atoms with van der Waals surface area (Å²) in [6.07, 6.45) is 3.74. The van der Waals surface area contributed by atoms with Gasteiger partial charge >= 0.3 is 0 Å². The van der Waals surface area contributed by atoms with Crippen LogP contribution in [0.5, 0.6) is 0 Å². The summed E-state index contributed by atoms with van der Waals surface area (Å²) in [6.45, 7) is 0. The maximum atomic E-state index is 6.48. The third kappa shape index (κ3) is 1.82. The smallest absolute Gasteiger partial charge is 0.103 e. The number of rotatable bonds is 2. The van der Waals surface area contributed by atoms with E-state index >= 15 is 0 Å². The molecule has 1 unspecified atom stereocenters. The fourth-order valence-electron chi connectivity index (χ4n) is 2.09. The highest BCUT2D eigenvalue weighted by Crippen LogP contribution is 2.42. The molecule has 2 aromatic rings. The average molecular weight is 289 g/mol. The Morgan fingerprint density at radius 3 is 2.88 bits per heavy atom. The van der Waals surface area contributed by atoms with E-state index in [4.69, 9.17) is 23.2 Å². The molecule has 1 aliphatic rings. The van der Waals surface area contributed by atoms with Crippen molar-refractivity contribution in [2.24, 2.45) is 0 Å². The van der Waals surface area contributed by atoms with E-state index in [9.17, 15) is 0 Å². The normalized spacial score (nSPS) is 16.4. The van der Waals surface area contributed by atoms with Crippen LogP contribution in [0.3, 0.4) is 0 Å². The van der Waals surface area contributed by atoms with Crippen LogP contribution in [0, 0.1) is 0 Å². The van der Waals surface area contributed by atoms with E-state index in [1.807, 2.05) is 22.8 Å². The molecule has 0 fully saturated rings. The Hall–Kier alpha value is -0.0200. The lowest BCUT2D eigenvalue weighted by molar-refractivity contribution is 0.913. The fourth-order valence-corrected chi connectivity index (χ4v) is 5.10. The van der Waals surface area contributed by atoms with Crippen molar-refractivity contribution in [1.82, 2.24) is 0 Å². The Balaban J connectivity index is 1.95. The third-order valence-corrected chi connectivity index (χ3v) is 6.33. The number of halogens is 2. The van der Waals surface area contributed by atoms with Gasteiger partial charge in [-0.25, -0.2) is 0 Å². The van der Waals surface area contributed by atoms with E-state index in [0.29, 0.717) is 0 Å². The minimum atomic E-state index is -0.0666. The lowest BCUT2D eigenvalue weighted by atomic mass is 10.2. The van der Waals surface area contributed by atoms with Crippen LogP contribution in [0.25, 0.3) is 0 Å². The Bertz CT molecular complexity index is 491. The minimum Gasteiger partial charge on any atom is -0.145 e. The molecule has 0 aliphatic heterocycles. The van der Waals surface area contributed by atoms with E-state index < -0.39 is 0 Å². The van der Waals surface area contributed by atoms with Crippen molar-refractivity contribution >= 4 is 45.9 Å². The molecule has 0 radical (unpaired) electrons. The van der Waals surface area contributed by atoms with Crippen molar-refractivity contribution in [3.05, 3.63) is 42.7 Å². The Labute approximate surface area is 113 Å². The van der Waals surface area contributed by atoms with Crippen LogP contribution in [0.15, 0.2) is 17.5 Å². The maximum absolute atomic E-state index is 6.48. The SMILES string of the molecule is Clc1ccsc1C(Cl)c1cc2c(s1)CCC2. The molecule has 0 nitrogen and oxygen atoms in total. The zero-order valence-corrected chi connectivity index (χ0v) is 11.6. The number of alkyl halides is 1. The first-order chi connectivity index (χ1) is 7.75. The molecule has 0 amide bonds. The van der Waals surface area contributed by atoms with Crippen molar-refractivity contribution in [3.8, 4) is 0 Å². The van der Waals surface area contributed by atoms with Crippen molar-refractivity contribution in [3.63, 3.8) is 0 Å². The highest BCUT2D eigenvalue weighted by Gasteiger charge is 2.22. The van der Waals surface area contributed by atoms with Crippen LogP contribution in [0.1, 0.15) is 32.0 Å². The predicted octanol–water partition coefficient (Wildman–Crippen LogP) is 5.28. The number of fused-ring (bicyclic) bond motifs is 1. The fraction of sp³-hybridized carbons (Fsp3) is 0.333. The standard InChI is InChI=1S/C12H10Cl2S2/c13-8-4-5-15-12(8)11(14)10-6-7-2-1-3-9(7)16-10/h4-6,11H,1-3H2. The van der Waals surface area contributed by atoms with Gasteiger partial charge in [0.05, 0.1) is 5.02 Å². The average Bonchev–Trinajstić information content (AvgIpc) is 2.89. The van der Waals surface area contributed by atoms with Crippen LogP contribution in [0.2, 0.25) is 5.02 Å². The molecule has 0 bridgehead atoms. The van der Waals surface area contributed by atoms with E-state index in [1.165, 1.54) is 34.6 Å². The maximum Gasteiger partial charge on any atom is 0.103 e. The molecule has 0 aromatic carbocycles.